The van der Waals surface area contributed by atoms with E-state index in [-0.39, 0.29) is 5.91 Å². The first-order valence-corrected chi connectivity index (χ1v) is 13.3. The summed E-state index contributed by atoms with van der Waals surface area (Å²) in [5.41, 5.74) is 2.66. The van der Waals surface area contributed by atoms with E-state index >= 15 is 0 Å². The van der Waals surface area contributed by atoms with Gasteiger partial charge >= 0.3 is 0 Å². The summed E-state index contributed by atoms with van der Waals surface area (Å²) in [5.74, 6) is 2.10. The number of aromatic amines is 1. The number of thiophene rings is 1. The van der Waals surface area contributed by atoms with Gasteiger partial charge in [-0.3, -0.25) is 9.89 Å². The number of aromatic nitrogens is 4. The molecule has 0 aliphatic carbocycles. The van der Waals surface area contributed by atoms with Crippen LogP contribution in [0.5, 0.6) is 5.75 Å². The molecule has 1 saturated heterocycles. The molecule has 1 fully saturated rings. The number of nitrogens with one attached hydrogen (secondary N) is 2. The molecule has 4 heterocycles. The van der Waals surface area contributed by atoms with Gasteiger partial charge in [-0.15, -0.1) is 11.3 Å². The number of anilines is 1. The monoisotopic (exact) mass is 528 g/mol. The number of amides is 1. The quantitative estimate of drug-likeness (QED) is 0.328. The maximum absolute atomic E-state index is 13.1. The summed E-state index contributed by atoms with van der Waals surface area (Å²) < 4.78 is 11.8. The van der Waals surface area contributed by atoms with Crippen molar-refractivity contribution in [3.05, 3.63) is 65.2 Å². The number of methoxy groups -OCH3 is 1. The molecule has 5 aromatic rings. The Balaban J connectivity index is 1.41. The Hall–Kier alpha value is -4.02. The van der Waals surface area contributed by atoms with Crippen LogP contribution in [0.3, 0.4) is 0 Å². The number of H-pyrrole nitrogens is 1. The van der Waals surface area contributed by atoms with Crippen LogP contribution in [0, 0.1) is 0 Å². The average Bonchev–Trinajstić information content (AvgIpc) is 3.60. The fraction of sp³-hybridized carbons (Fsp3) is 0.286. The van der Waals surface area contributed by atoms with Crippen molar-refractivity contribution >= 4 is 44.2 Å². The molecule has 2 N–H and O–H groups in total. The van der Waals surface area contributed by atoms with Crippen molar-refractivity contribution in [2.45, 2.75) is 19.4 Å². The van der Waals surface area contributed by atoms with Crippen molar-refractivity contribution in [1.82, 2.24) is 25.5 Å². The second kappa shape index (κ2) is 9.70. The van der Waals surface area contributed by atoms with E-state index in [4.69, 9.17) is 19.4 Å². The largest absolute Gasteiger partial charge is 0.497 e. The average molecular weight is 529 g/mol. The van der Waals surface area contributed by atoms with E-state index in [9.17, 15) is 4.79 Å². The number of morpholine rings is 1. The Bertz CT molecular complexity index is 1620. The van der Waals surface area contributed by atoms with Gasteiger partial charge in [0.2, 0.25) is 0 Å². The van der Waals surface area contributed by atoms with Crippen molar-refractivity contribution in [1.29, 1.82) is 0 Å². The zero-order valence-electron chi connectivity index (χ0n) is 21.4. The van der Waals surface area contributed by atoms with Crippen LogP contribution >= 0.6 is 11.3 Å². The summed E-state index contributed by atoms with van der Waals surface area (Å²) in [5, 5.41) is 11.4. The third-order valence-electron chi connectivity index (χ3n) is 6.78. The summed E-state index contributed by atoms with van der Waals surface area (Å²) >= 11 is 1.62. The van der Waals surface area contributed by atoms with Crippen molar-refractivity contribution in [2.75, 3.05) is 38.3 Å². The lowest BCUT2D eigenvalue weighted by molar-refractivity contribution is 0.0913. The van der Waals surface area contributed by atoms with Crippen LogP contribution in [0.15, 0.2) is 54.7 Å². The molecule has 9 nitrogen and oxygen atoms in total. The molecule has 0 unspecified atom stereocenters. The highest BCUT2D eigenvalue weighted by atomic mass is 32.1. The van der Waals surface area contributed by atoms with Gasteiger partial charge in [-0.1, -0.05) is 12.1 Å². The molecule has 0 spiro atoms. The third kappa shape index (κ3) is 4.46. The molecule has 1 aliphatic rings. The molecule has 1 aliphatic heterocycles. The Morgan fingerprint density at radius 3 is 2.68 bits per heavy atom. The number of hydrogen-bond acceptors (Lipinski definition) is 8. The molecule has 1 amide bonds. The van der Waals surface area contributed by atoms with Crippen molar-refractivity contribution in [2.24, 2.45) is 0 Å². The van der Waals surface area contributed by atoms with Gasteiger partial charge in [-0.05, 0) is 50.2 Å². The Kier molecular flexibility index (Phi) is 6.21. The van der Waals surface area contributed by atoms with E-state index in [1.165, 1.54) is 0 Å². The van der Waals surface area contributed by atoms with E-state index < -0.39 is 5.54 Å². The van der Waals surface area contributed by atoms with Crippen LogP contribution in [0.2, 0.25) is 0 Å². The normalized spacial score (nSPS) is 14.2. The first-order valence-electron chi connectivity index (χ1n) is 12.5. The van der Waals surface area contributed by atoms with Gasteiger partial charge in [0.05, 0.1) is 47.8 Å². The van der Waals surface area contributed by atoms with Crippen LogP contribution in [0.1, 0.15) is 29.1 Å². The van der Waals surface area contributed by atoms with Crippen molar-refractivity contribution in [3.8, 4) is 17.1 Å². The van der Waals surface area contributed by atoms with Crippen LogP contribution in [-0.2, 0) is 10.3 Å². The van der Waals surface area contributed by atoms with Gasteiger partial charge in [0.25, 0.3) is 5.91 Å². The minimum Gasteiger partial charge on any atom is -0.497 e. The SMILES string of the molecule is COc1ccc(C(=O)NC(C)(C)c2cc3nc(-c4cccc5[nH]ncc45)nc(N4CCOCC4)c3s2)cc1. The maximum atomic E-state index is 13.1. The first-order chi connectivity index (χ1) is 18.4. The lowest BCUT2D eigenvalue weighted by Crippen LogP contribution is -2.40. The summed E-state index contributed by atoms with van der Waals surface area (Å²) in [6, 6.07) is 15.2. The van der Waals surface area contributed by atoms with Crippen LogP contribution in [0.25, 0.3) is 32.5 Å². The molecule has 0 saturated carbocycles. The number of nitrogens with zero attached hydrogens (tertiary/aromatic N) is 4. The van der Waals surface area contributed by atoms with Gasteiger partial charge < -0.3 is 19.7 Å². The van der Waals surface area contributed by atoms with Crippen molar-refractivity contribution < 1.29 is 14.3 Å². The zero-order chi connectivity index (χ0) is 26.3. The lowest BCUT2D eigenvalue weighted by atomic mass is 10.0. The molecule has 6 rings (SSSR count). The van der Waals surface area contributed by atoms with Crippen LogP contribution in [-0.4, -0.2) is 59.5 Å². The molecule has 10 heteroatoms. The van der Waals surface area contributed by atoms with Gasteiger partial charge in [0.15, 0.2) is 11.6 Å². The van der Waals surface area contributed by atoms with Gasteiger partial charge in [0, 0.05) is 34.5 Å². The maximum Gasteiger partial charge on any atom is 0.251 e. The number of carbonyl (C=O) groups is 1. The molecular formula is C28H28N6O3S. The molecule has 38 heavy (non-hydrogen) atoms. The Labute approximate surface area is 223 Å². The lowest BCUT2D eigenvalue weighted by Gasteiger charge is -2.28. The number of hydrogen-bond donors (Lipinski definition) is 2. The van der Waals surface area contributed by atoms with Crippen LogP contribution in [0.4, 0.5) is 5.82 Å². The fourth-order valence-electron chi connectivity index (χ4n) is 4.66. The highest BCUT2D eigenvalue weighted by Crippen LogP contribution is 2.39. The van der Waals surface area contributed by atoms with Gasteiger partial charge in [-0.2, -0.15) is 5.10 Å². The Morgan fingerprint density at radius 1 is 1.13 bits per heavy atom. The number of rotatable bonds is 6. The van der Waals surface area contributed by atoms with Gasteiger partial charge in [0.1, 0.15) is 5.75 Å². The molecular weight excluding hydrogens is 500 g/mol. The minimum absolute atomic E-state index is 0.151. The highest BCUT2D eigenvalue weighted by Gasteiger charge is 2.28. The third-order valence-corrected chi connectivity index (χ3v) is 8.23. The topological polar surface area (TPSA) is 105 Å². The second-order valence-corrected chi connectivity index (χ2v) is 10.8. The number of carbonyl (C=O) groups excluding carboxylic acids is 1. The number of benzene rings is 2. The molecule has 194 valence electrons. The standard InChI is InChI=1S/C28H28N6O3S/c1-28(2,32-27(35)17-7-9-18(36-3)10-8-17)23-15-22-24(38-23)26(34-11-13-37-14-12-34)31-25(30-22)19-5-4-6-21-20(19)16-29-33-21/h4-10,15-16H,11-14H2,1-3H3,(H,29,33)(H,32,35). The van der Waals surface area contributed by atoms with Crippen LogP contribution < -0.4 is 15.0 Å². The second-order valence-electron chi connectivity index (χ2n) is 9.74. The first kappa shape index (κ1) is 24.3. The number of ether oxygens (including phenoxy) is 2. The number of fused-ring (bicyclic) bond motifs is 2. The molecule has 0 radical (unpaired) electrons. The van der Waals surface area contributed by atoms with Gasteiger partial charge in [-0.25, -0.2) is 9.97 Å². The summed E-state index contributed by atoms with van der Waals surface area (Å²) in [7, 11) is 1.61. The zero-order valence-corrected chi connectivity index (χ0v) is 22.3. The highest BCUT2D eigenvalue weighted by molar-refractivity contribution is 7.19. The summed E-state index contributed by atoms with van der Waals surface area (Å²) in [6.45, 7) is 6.83. The van der Waals surface area contributed by atoms with Crippen molar-refractivity contribution in [3.63, 3.8) is 0 Å². The summed E-state index contributed by atoms with van der Waals surface area (Å²) in [6.07, 6.45) is 1.81. The molecule has 0 bridgehead atoms. The van der Waals surface area contributed by atoms with E-state index in [1.807, 2.05) is 38.2 Å². The van der Waals surface area contributed by atoms with E-state index in [0.29, 0.717) is 30.4 Å². The Morgan fingerprint density at radius 2 is 1.92 bits per heavy atom. The van der Waals surface area contributed by atoms with E-state index in [2.05, 4.69) is 26.5 Å². The fourth-order valence-corrected chi connectivity index (χ4v) is 5.83. The molecule has 0 atom stereocenters. The van der Waals surface area contributed by atoms with E-state index in [1.54, 1.807) is 42.7 Å². The molecule has 3 aromatic heterocycles. The van der Waals surface area contributed by atoms with E-state index in [0.717, 1.165) is 50.5 Å². The molecule has 2 aromatic carbocycles. The smallest absolute Gasteiger partial charge is 0.251 e. The predicted molar refractivity (Wildman–Crippen MR) is 149 cm³/mol. The minimum atomic E-state index is -0.630. The predicted octanol–water partition coefficient (Wildman–Crippen LogP) is 4.74. The summed E-state index contributed by atoms with van der Waals surface area (Å²) in [4.78, 5) is 26.4.